The Morgan fingerprint density at radius 2 is 2.08 bits per heavy atom. The molecule has 12 heavy (non-hydrogen) atoms. The molecule has 0 aliphatic carbocycles. The normalized spacial score (nSPS) is 11.7. The quantitative estimate of drug-likeness (QED) is 0.462. The van der Waals surface area contributed by atoms with Crippen molar-refractivity contribution in [3.8, 4) is 0 Å². The van der Waals surface area contributed by atoms with Gasteiger partial charge in [-0.15, -0.1) is 0 Å². The van der Waals surface area contributed by atoms with Crippen molar-refractivity contribution in [3.05, 3.63) is 11.6 Å². The molecule has 0 aromatic heterocycles. The molecule has 70 valence electrons. The highest BCUT2D eigenvalue weighted by Gasteiger charge is 1.94. The highest BCUT2D eigenvalue weighted by Crippen LogP contribution is 2.02. The summed E-state index contributed by atoms with van der Waals surface area (Å²) in [7, 11) is 0. The lowest BCUT2D eigenvalue weighted by Gasteiger charge is -1.96. The molecule has 0 rings (SSSR count). The first-order valence-electron chi connectivity index (χ1n) is 4.26. The van der Waals surface area contributed by atoms with Crippen LogP contribution in [-0.2, 0) is 4.79 Å². The van der Waals surface area contributed by atoms with Crippen molar-refractivity contribution in [2.24, 2.45) is 5.73 Å². The number of hydrogen-bond acceptors (Lipinski definition) is 2. The van der Waals surface area contributed by atoms with Crippen LogP contribution in [0, 0.1) is 0 Å². The lowest BCUT2D eigenvalue weighted by atomic mass is 10.1. The molecule has 0 heterocycles. The van der Waals surface area contributed by atoms with Crippen molar-refractivity contribution in [1.82, 2.24) is 0 Å². The molecule has 3 nitrogen and oxygen atoms in total. The predicted molar refractivity (Wildman–Crippen MR) is 48.5 cm³/mol. The third kappa shape index (κ3) is 5.92. The first kappa shape index (κ1) is 11.2. The summed E-state index contributed by atoms with van der Waals surface area (Å²) < 4.78 is 0. The number of unbranched alkanes of at least 4 members (excludes halogenated alkanes) is 3. The third-order valence-electron chi connectivity index (χ3n) is 1.70. The molecule has 3 heteroatoms. The molecule has 1 amide bonds. The Bertz CT molecular complexity index is 164. The van der Waals surface area contributed by atoms with E-state index in [1.165, 1.54) is 0 Å². The second-order valence-corrected chi connectivity index (χ2v) is 2.82. The Morgan fingerprint density at radius 1 is 1.42 bits per heavy atom. The maximum Gasteiger partial charge on any atom is 0.244 e. The molecule has 0 saturated carbocycles. The van der Waals surface area contributed by atoms with E-state index in [9.17, 15) is 4.79 Å². The van der Waals surface area contributed by atoms with Gasteiger partial charge in [0.2, 0.25) is 5.91 Å². The van der Waals surface area contributed by atoms with Crippen LogP contribution in [0.15, 0.2) is 11.6 Å². The predicted octanol–water partition coefficient (Wildman–Crippen LogP) is 0.971. The summed E-state index contributed by atoms with van der Waals surface area (Å²) in [6, 6.07) is 0. The van der Waals surface area contributed by atoms with Crippen LogP contribution in [0.2, 0.25) is 0 Å². The van der Waals surface area contributed by atoms with Gasteiger partial charge in [0.1, 0.15) is 0 Å². The minimum Gasteiger partial charge on any atom is -0.396 e. The SMILES string of the molecule is CC(=CCCCCCO)C(N)=O. The van der Waals surface area contributed by atoms with E-state index in [0.29, 0.717) is 5.57 Å². The molecule has 0 spiro atoms. The van der Waals surface area contributed by atoms with Crippen LogP contribution in [0.5, 0.6) is 0 Å². The third-order valence-corrected chi connectivity index (χ3v) is 1.70. The van der Waals surface area contributed by atoms with Crippen molar-refractivity contribution in [3.63, 3.8) is 0 Å². The zero-order chi connectivity index (χ0) is 9.40. The summed E-state index contributed by atoms with van der Waals surface area (Å²) in [4.78, 5) is 10.5. The van der Waals surface area contributed by atoms with Gasteiger partial charge in [-0.1, -0.05) is 12.5 Å². The molecule has 0 aromatic rings. The van der Waals surface area contributed by atoms with E-state index in [0.717, 1.165) is 25.7 Å². The number of allylic oxidation sites excluding steroid dienone is 1. The molecule has 0 saturated heterocycles. The fourth-order valence-electron chi connectivity index (χ4n) is 0.852. The molecular formula is C9H17NO2. The summed E-state index contributed by atoms with van der Waals surface area (Å²) in [5, 5.41) is 8.47. The molecule has 0 bridgehead atoms. The van der Waals surface area contributed by atoms with Crippen LogP contribution in [0.3, 0.4) is 0 Å². The topological polar surface area (TPSA) is 63.3 Å². The summed E-state index contributed by atoms with van der Waals surface area (Å²) in [5.74, 6) is -0.350. The van der Waals surface area contributed by atoms with Gasteiger partial charge in [-0.25, -0.2) is 0 Å². The average molecular weight is 171 g/mol. The fourth-order valence-corrected chi connectivity index (χ4v) is 0.852. The molecule has 0 radical (unpaired) electrons. The zero-order valence-electron chi connectivity index (χ0n) is 7.55. The molecule has 0 aliphatic heterocycles. The number of carbonyl (C=O) groups is 1. The zero-order valence-corrected chi connectivity index (χ0v) is 7.55. The maximum absolute atomic E-state index is 10.5. The van der Waals surface area contributed by atoms with E-state index in [4.69, 9.17) is 10.8 Å². The Morgan fingerprint density at radius 3 is 2.58 bits per heavy atom. The number of carbonyl (C=O) groups excluding carboxylic acids is 1. The van der Waals surface area contributed by atoms with Gasteiger partial charge in [0.15, 0.2) is 0 Å². The van der Waals surface area contributed by atoms with Crippen molar-refractivity contribution in [1.29, 1.82) is 0 Å². The van der Waals surface area contributed by atoms with E-state index in [1.54, 1.807) is 6.92 Å². The summed E-state index contributed by atoms with van der Waals surface area (Å²) >= 11 is 0. The standard InChI is InChI=1S/C9H17NO2/c1-8(9(10)12)6-4-2-3-5-7-11/h6,11H,2-5,7H2,1H3,(H2,10,12). The Kier molecular flexibility index (Phi) is 6.38. The summed E-state index contributed by atoms with van der Waals surface area (Å²) in [5.41, 5.74) is 5.65. The Balaban J connectivity index is 3.40. The van der Waals surface area contributed by atoms with Crippen LogP contribution < -0.4 is 5.73 Å². The van der Waals surface area contributed by atoms with Crippen molar-refractivity contribution < 1.29 is 9.90 Å². The first-order chi connectivity index (χ1) is 5.68. The van der Waals surface area contributed by atoms with Gasteiger partial charge in [0.25, 0.3) is 0 Å². The molecule has 3 N–H and O–H groups in total. The van der Waals surface area contributed by atoms with Crippen LogP contribution in [0.1, 0.15) is 32.6 Å². The second-order valence-electron chi connectivity index (χ2n) is 2.82. The van der Waals surface area contributed by atoms with Gasteiger partial charge in [-0.2, -0.15) is 0 Å². The highest BCUT2D eigenvalue weighted by atomic mass is 16.2. The number of primary amides is 1. The number of nitrogens with two attached hydrogens (primary N) is 1. The van der Waals surface area contributed by atoms with Gasteiger partial charge in [-0.3, -0.25) is 4.79 Å². The van der Waals surface area contributed by atoms with Gasteiger partial charge in [-0.05, 0) is 26.2 Å². The number of amides is 1. The van der Waals surface area contributed by atoms with Crippen molar-refractivity contribution in [2.75, 3.05) is 6.61 Å². The largest absolute Gasteiger partial charge is 0.396 e. The summed E-state index contributed by atoms with van der Waals surface area (Å²) in [6.07, 6.45) is 5.56. The minimum atomic E-state index is -0.350. The lowest BCUT2D eigenvalue weighted by molar-refractivity contribution is -0.114. The van der Waals surface area contributed by atoms with Crippen LogP contribution in [-0.4, -0.2) is 17.6 Å². The van der Waals surface area contributed by atoms with Crippen molar-refractivity contribution >= 4 is 5.91 Å². The van der Waals surface area contributed by atoms with Gasteiger partial charge in [0.05, 0.1) is 0 Å². The minimum absolute atomic E-state index is 0.249. The monoisotopic (exact) mass is 171 g/mol. The molecular weight excluding hydrogens is 154 g/mol. The maximum atomic E-state index is 10.5. The first-order valence-corrected chi connectivity index (χ1v) is 4.26. The van der Waals surface area contributed by atoms with Crippen molar-refractivity contribution in [2.45, 2.75) is 32.6 Å². The number of hydrogen-bond donors (Lipinski definition) is 2. The van der Waals surface area contributed by atoms with E-state index in [2.05, 4.69) is 0 Å². The smallest absolute Gasteiger partial charge is 0.244 e. The number of rotatable bonds is 6. The van der Waals surface area contributed by atoms with Gasteiger partial charge in [0, 0.05) is 12.2 Å². The molecule has 0 aromatic carbocycles. The number of aliphatic hydroxyl groups is 1. The fraction of sp³-hybridized carbons (Fsp3) is 0.667. The Labute approximate surface area is 73.3 Å². The van der Waals surface area contributed by atoms with E-state index in [1.807, 2.05) is 6.08 Å². The Hall–Kier alpha value is -0.830. The van der Waals surface area contributed by atoms with Crippen LogP contribution >= 0.6 is 0 Å². The molecule has 0 atom stereocenters. The second kappa shape index (κ2) is 6.85. The van der Waals surface area contributed by atoms with Gasteiger partial charge < -0.3 is 10.8 Å². The van der Waals surface area contributed by atoms with Gasteiger partial charge >= 0.3 is 0 Å². The molecule has 0 aliphatic rings. The highest BCUT2D eigenvalue weighted by molar-refractivity contribution is 5.91. The average Bonchev–Trinajstić information content (AvgIpc) is 2.03. The molecule has 0 fully saturated rings. The number of aliphatic hydroxyl groups excluding tert-OH is 1. The van der Waals surface area contributed by atoms with E-state index >= 15 is 0 Å². The van der Waals surface area contributed by atoms with Crippen LogP contribution in [0.4, 0.5) is 0 Å². The summed E-state index contributed by atoms with van der Waals surface area (Å²) in [6.45, 7) is 1.97. The van der Waals surface area contributed by atoms with E-state index in [-0.39, 0.29) is 12.5 Å². The van der Waals surface area contributed by atoms with E-state index < -0.39 is 0 Å². The van der Waals surface area contributed by atoms with Crippen LogP contribution in [0.25, 0.3) is 0 Å². The lowest BCUT2D eigenvalue weighted by Crippen LogP contribution is -2.11. The molecule has 0 unspecified atom stereocenters.